The highest BCUT2D eigenvalue weighted by Crippen LogP contribution is 2.18. The molecule has 0 N–H and O–H groups in total. The zero-order chi connectivity index (χ0) is 12.0. The Balaban J connectivity index is 2.64. The number of halogens is 1. The second kappa shape index (κ2) is 7.27. The van der Waals surface area contributed by atoms with E-state index in [1.807, 2.05) is 6.92 Å². The van der Waals surface area contributed by atoms with E-state index in [4.69, 9.17) is 4.74 Å². The van der Waals surface area contributed by atoms with Crippen LogP contribution in [-0.4, -0.2) is 23.0 Å². The van der Waals surface area contributed by atoms with Gasteiger partial charge in [0.1, 0.15) is 0 Å². The minimum Gasteiger partial charge on any atom is -0.382 e. The molecule has 1 rings (SSSR count). The van der Waals surface area contributed by atoms with Gasteiger partial charge in [0.25, 0.3) is 0 Å². The topological polar surface area (TPSA) is 27.1 Å². The SMILES string of the molecule is CCOCCCn1nc(CC)c(I)c1CC. The van der Waals surface area contributed by atoms with Crippen molar-refractivity contribution in [3.05, 3.63) is 15.0 Å². The molecule has 0 aliphatic rings. The van der Waals surface area contributed by atoms with Gasteiger partial charge in [-0.25, -0.2) is 0 Å². The lowest BCUT2D eigenvalue weighted by molar-refractivity contribution is 0.140. The summed E-state index contributed by atoms with van der Waals surface area (Å²) in [5.41, 5.74) is 2.60. The van der Waals surface area contributed by atoms with Gasteiger partial charge in [0.05, 0.1) is 15.0 Å². The standard InChI is InChI=1S/C12H21IN2O/c1-4-10-12(13)11(5-2)15(14-10)8-7-9-16-6-3/h4-9H2,1-3H3. The predicted octanol–water partition coefficient (Wildman–Crippen LogP) is 3.04. The fraction of sp³-hybridized carbons (Fsp3) is 0.750. The second-order valence-electron chi connectivity index (χ2n) is 3.69. The van der Waals surface area contributed by atoms with Crippen molar-refractivity contribution in [2.24, 2.45) is 0 Å². The first kappa shape index (κ1) is 14.0. The van der Waals surface area contributed by atoms with Crippen LogP contribution in [0.25, 0.3) is 0 Å². The van der Waals surface area contributed by atoms with Gasteiger partial charge < -0.3 is 4.74 Å². The maximum atomic E-state index is 5.35. The first-order valence-electron chi connectivity index (χ1n) is 6.06. The van der Waals surface area contributed by atoms with E-state index in [-0.39, 0.29) is 0 Å². The third kappa shape index (κ3) is 3.45. The van der Waals surface area contributed by atoms with E-state index in [0.29, 0.717) is 0 Å². The van der Waals surface area contributed by atoms with Crippen LogP contribution in [0.4, 0.5) is 0 Å². The third-order valence-electron chi connectivity index (χ3n) is 2.59. The highest BCUT2D eigenvalue weighted by atomic mass is 127. The van der Waals surface area contributed by atoms with Gasteiger partial charge in [-0.3, -0.25) is 4.68 Å². The quantitative estimate of drug-likeness (QED) is 0.565. The third-order valence-corrected chi connectivity index (χ3v) is 3.84. The van der Waals surface area contributed by atoms with Crippen LogP contribution in [0.3, 0.4) is 0 Å². The summed E-state index contributed by atoms with van der Waals surface area (Å²) >= 11 is 2.42. The number of rotatable bonds is 7. The Hall–Kier alpha value is -0.100. The van der Waals surface area contributed by atoms with Crippen LogP contribution in [0.2, 0.25) is 0 Å². The van der Waals surface area contributed by atoms with E-state index in [9.17, 15) is 0 Å². The van der Waals surface area contributed by atoms with Crippen molar-refractivity contribution in [3.8, 4) is 0 Å². The van der Waals surface area contributed by atoms with E-state index in [1.165, 1.54) is 15.0 Å². The number of ether oxygens (including phenoxy) is 1. The van der Waals surface area contributed by atoms with Crippen LogP contribution in [0.1, 0.15) is 38.6 Å². The zero-order valence-electron chi connectivity index (χ0n) is 10.4. The van der Waals surface area contributed by atoms with Crippen molar-refractivity contribution in [2.45, 2.75) is 46.6 Å². The van der Waals surface area contributed by atoms with Crippen molar-refractivity contribution in [1.82, 2.24) is 9.78 Å². The molecule has 0 aliphatic carbocycles. The molecular weight excluding hydrogens is 315 g/mol. The Morgan fingerprint density at radius 2 is 2.00 bits per heavy atom. The molecule has 0 unspecified atom stereocenters. The number of aromatic nitrogens is 2. The van der Waals surface area contributed by atoms with Crippen LogP contribution >= 0.6 is 22.6 Å². The maximum absolute atomic E-state index is 5.35. The van der Waals surface area contributed by atoms with Crippen LogP contribution in [0.5, 0.6) is 0 Å². The van der Waals surface area contributed by atoms with Gasteiger partial charge >= 0.3 is 0 Å². The largest absolute Gasteiger partial charge is 0.382 e. The molecule has 0 bridgehead atoms. The molecule has 0 aliphatic heterocycles. The Kier molecular flexibility index (Phi) is 6.34. The van der Waals surface area contributed by atoms with E-state index in [2.05, 4.69) is 46.2 Å². The summed E-state index contributed by atoms with van der Waals surface area (Å²) in [6.45, 7) is 8.99. The summed E-state index contributed by atoms with van der Waals surface area (Å²) in [7, 11) is 0. The summed E-state index contributed by atoms with van der Waals surface area (Å²) in [4.78, 5) is 0. The molecule has 0 radical (unpaired) electrons. The van der Waals surface area contributed by atoms with Crippen LogP contribution in [0.15, 0.2) is 0 Å². The van der Waals surface area contributed by atoms with Crippen molar-refractivity contribution in [1.29, 1.82) is 0 Å². The normalized spacial score (nSPS) is 11.0. The number of nitrogens with zero attached hydrogens (tertiary/aromatic N) is 2. The Bertz CT molecular complexity index is 323. The Morgan fingerprint density at radius 3 is 2.56 bits per heavy atom. The van der Waals surface area contributed by atoms with Gasteiger partial charge in [0.2, 0.25) is 0 Å². The van der Waals surface area contributed by atoms with Gasteiger partial charge in [-0.1, -0.05) is 13.8 Å². The average molecular weight is 336 g/mol. The van der Waals surface area contributed by atoms with Gasteiger partial charge in [-0.05, 0) is 48.8 Å². The Labute approximate surface area is 112 Å². The number of hydrogen-bond acceptors (Lipinski definition) is 2. The molecule has 3 nitrogen and oxygen atoms in total. The summed E-state index contributed by atoms with van der Waals surface area (Å²) in [5.74, 6) is 0. The lowest BCUT2D eigenvalue weighted by Crippen LogP contribution is -2.07. The van der Waals surface area contributed by atoms with E-state index in [1.54, 1.807) is 0 Å². The Morgan fingerprint density at radius 1 is 1.25 bits per heavy atom. The molecule has 92 valence electrons. The fourth-order valence-electron chi connectivity index (χ4n) is 1.74. The molecule has 1 aromatic heterocycles. The molecule has 1 heterocycles. The van der Waals surface area contributed by atoms with Crippen LogP contribution < -0.4 is 0 Å². The summed E-state index contributed by atoms with van der Waals surface area (Å²) in [5, 5.41) is 4.65. The fourth-order valence-corrected chi connectivity index (χ4v) is 2.89. The molecule has 0 saturated carbocycles. The van der Waals surface area contributed by atoms with E-state index >= 15 is 0 Å². The highest BCUT2D eigenvalue weighted by molar-refractivity contribution is 14.1. The molecule has 0 atom stereocenters. The summed E-state index contributed by atoms with van der Waals surface area (Å²) in [6.07, 6.45) is 3.12. The number of hydrogen-bond donors (Lipinski definition) is 0. The van der Waals surface area contributed by atoms with Crippen molar-refractivity contribution in [3.63, 3.8) is 0 Å². The van der Waals surface area contributed by atoms with Crippen LogP contribution in [0, 0.1) is 3.57 Å². The zero-order valence-corrected chi connectivity index (χ0v) is 12.6. The molecule has 0 fully saturated rings. The number of aryl methyl sites for hydroxylation is 2. The molecule has 0 aromatic carbocycles. The predicted molar refractivity (Wildman–Crippen MR) is 74.8 cm³/mol. The smallest absolute Gasteiger partial charge is 0.0758 e. The van der Waals surface area contributed by atoms with Gasteiger partial charge in [-0.15, -0.1) is 0 Å². The van der Waals surface area contributed by atoms with Crippen molar-refractivity contribution < 1.29 is 4.74 Å². The molecule has 16 heavy (non-hydrogen) atoms. The van der Waals surface area contributed by atoms with Crippen molar-refractivity contribution >= 4 is 22.6 Å². The monoisotopic (exact) mass is 336 g/mol. The summed E-state index contributed by atoms with van der Waals surface area (Å²) < 4.78 is 8.85. The average Bonchev–Trinajstić information content (AvgIpc) is 2.60. The van der Waals surface area contributed by atoms with Crippen molar-refractivity contribution in [2.75, 3.05) is 13.2 Å². The molecule has 1 aromatic rings. The van der Waals surface area contributed by atoms with Gasteiger partial charge in [-0.2, -0.15) is 5.10 Å². The highest BCUT2D eigenvalue weighted by Gasteiger charge is 2.12. The molecule has 0 amide bonds. The molecular formula is C12H21IN2O. The van der Waals surface area contributed by atoms with E-state index < -0.39 is 0 Å². The maximum Gasteiger partial charge on any atom is 0.0758 e. The molecule has 0 saturated heterocycles. The minimum absolute atomic E-state index is 0.803. The van der Waals surface area contributed by atoms with Gasteiger partial charge in [0, 0.05) is 19.8 Å². The van der Waals surface area contributed by atoms with Gasteiger partial charge in [0.15, 0.2) is 0 Å². The lowest BCUT2D eigenvalue weighted by atomic mass is 10.2. The molecule has 4 heteroatoms. The minimum atomic E-state index is 0.803. The van der Waals surface area contributed by atoms with Crippen LogP contribution in [-0.2, 0) is 24.1 Å². The summed E-state index contributed by atoms with van der Waals surface area (Å²) in [6, 6.07) is 0. The molecule has 0 spiro atoms. The first-order chi connectivity index (χ1) is 7.74. The first-order valence-corrected chi connectivity index (χ1v) is 7.14. The van der Waals surface area contributed by atoms with E-state index in [0.717, 1.165) is 39.0 Å². The lowest BCUT2D eigenvalue weighted by Gasteiger charge is -2.06. The second-order valence-corrected chi connectivity index (χ2v) is 4.77.